The summed E-state index contributed by atoms with van der Waals surface area (Å²) in [7, 11) is 0. The minimum absolute atomic E-state index is 0.271. The molecule has 0 aromatic carbocycles. The summed E-state index contributed by atoms with van der Waals surface area (Å²) in [6.45, 7) is 15.6. The van der Waals surface area contributed by atoms with E-state index in [9.17, 15) is 9.59 Å². The maximum absolute atomic E-state index is 12.1. The lowest BCUT2D eigenvalue weighted by Gasteiger charge is -2.30. The molecule has 0 spiro atoms. The molecule has 0 bridgehead atoms. The highest BCUT2D eigenvalue weighted by Gasteiger charge is 2.29. The molecule has 0 saturated carbocycles. The fourth-order valence-corrected chi connectivity index (χ4v) is 1.68. The van der Waals surface area contributed by atoms with Crippen LogP contribution in [0.5, 0.6) is 0 Å². The molecule has 0 N–H and O–H groups in total. The molecule has 5 heteroatoms. The van der Waals surface area contributed by atoms with Crippen molar-refractivity contribution in [2.75, 3.05) is 13.1 Å². The Labute approximate surface area is 129 Å². The molecule has 21 heavy (non-hydrogen) atoms. The zero-order valence-corrected chi connectivity index (χ0v) is 14.8. The van der Waals surface area contributed by atoms with Crippen molar-refractivity contribution >= 4 is 12.1 Å². The Kier molecular flexibility index (Phi) is 7.20. The summed E-state index contributed by atoms with van der Waals surface area (Å²) in [5.41, 5.74) is -1.06. The van der Waals surface area contributed by atoms with E-state index in [1.165, 1.54) is 0 Å². The maximum Gasteiger partial charge on any atom is 0.410 e. The van der Waals surface area contributed by atoms with Crippen LogP contribution in [-0.2, 0) is 14.3 Å². The highest BCUT2D eigenvalue weighted by Crippen LogP contribution is 2.17. The molecule has 0 rings (SSSR count). The smallest absolute Gasteiger partial charge is 0.410 e. The summed E-state index contributed by atoms with van der Waals surface area (Å²) in [5.74, 6) is -0.608. The lowest BCUT2D eigenvalue weighted by molar-refractivity contribution is -0.160. The Balaban J connectivity index is 4.76. The van der Waals surface area contributed by atoms with E-state index >= 15 is 0 Å². The number of amides is 1. The molecular formula is C16H31NO4. The Morgan fingerprint density at radius 1 is 0.952 bits per heavy atom. The first kappa shape index (κ1) is 19.7. The van der Waals surface area contributed by atoms with Gasteiger partial charge in [0.05, 0.1) is 5.92 Å². The second-order valence-corrected chi connectivity index (χ2v) is 7.16. The van der Waals surface area contributed by atoms with E-state index in [1.54, 1.807) is 4.90 Å². The Morgan fingerprint density at radius 2 is 1.43 bits per heavy atom. The molecule has 0 aliphatic rings. The van der Waals surface area contributed by atoms with Gasteiger partial charge in [-0.2, -0.15) is 0 Å². The Bertz CT molecular complexity index is 318. The van der Waals surface area contributed by atoms with Crippen LogP contribution in [0.2, 0.25) is 0 Å². The number of carbonyl (C=O) groups excluding carboxylic acids is 2. The number of rotatable bonds is 5. The van der Waals surface area contributed by atoms with Crippen LogP contribution in [0.25, 0.3) is 0 Å². The average molecular weight is 301 g/mol. The molecule has 1 unspecified atom stereocenters. The monoisotopic (exact) mass is 301 g/mol. The van der Waals surface area contributed by atoms with Gasteiger partial charge in [0, 0.05) is 13.1 Å². The molecule has 0 aromatic rings. The van der Waals surface area contributed by atoms with E-state index in [-0.39, 0.29) is 11.9 Å². The first-order valence-electron chi connectivity index (χ1n) is 7.60. The molecular weight excluding hydrogens is 270 g/mol. The summed E-state index contributed by atoms with van der Waals surface area (Å²) >= 11 is 0. The second-order valence-electron chi connectivity index (χ2n) is 7.16. The quantitative estimate of drug-likeness (QED) is 0.728. The van der Waals surface area contributed by atoms with Crippen molar-refractivity contribution in [3.8, 4) is 0 Å². The first-order chi connectivity index (χ1) is 9.39. The molecule has 0 aromatic heterocycles. The lowest BCUT2D eigenvalue weighted by atomic mass is 10.1. The van der Waals surface area contributed by atoms with Crippen LogP contribution in [-0.4, -0.2) is 41.3 Å². The molecule has 0 aliphatic carbocycles. The highest BCUT2D eigenvalue weighted by molar-refractivity contribution is 5.74. The molecule has 124 valence electrons. The van der Waals surface area contributed by atoms with Crippen LogP contribution in [0.4, 0.5) is 4.79 Å². The predicted octanol–water partition coefficient (Wildman–Crippen LogP) is 3.61. The molecule has 1 amide bonds. The van der Waals surface area contributed by atoms with Crippen LogP contribution in [0, 0.1) is 5.92 Å². The second kappa shape index (κ2) is 7.66. The molecule has 0 fully saturated rings. The topological polar surface area (TPSA) is 55.8 Å². The van der Waals surface area contributed by atoms with Gasteiger partial charge in [-0.3, -0.25) is 4.79 Å². The third-order valence-corrected chi connectivity index (χ3v) is 2.71. The van der Waals surface area contributed by atoms with Gasteiger partial charge in [-0.15, -0.1) is 0 Å². The fourth-order valence-electron chi connectivity index (χ4n) is 1.68. The van der Waals surface area contributed by atoms with Crippen molar-refractivity contribution in [2.45, 2.75) is 73.0 Å². The van der Waals surface area contributed by atoms with Crippen molar-refractivity contribution in [1.82, 2.24) is 4.90 Å². The standard InChI is InChI=1S/C16H31NO4/c1-9-12(13(18)20-15(3,4)5)11-17(10-2)14(19)21-16(6,7)8/h12H,9-11H2,1-8H3. The third-order valence-electron chi connectivity index (χ3n) is 2.71. The van der Waals surface area contributed by atoms with E-state index in [0.717, 1.165) is 0 Å². The highest BCUT2D eigenvalue weighted by atomic mass is 16.6. The van der Waals surface area contributed by atoms with Crippen molar-refractivity contribution in [3.63, 3.8) is 0 Å². The Hall–Kier alpha value is -1.26. The van der Waals surface area contributed by atoms with E-state index in [0.29, 0.717) is 19.5 Å². The van der Waals surface area contributed by atoms with Gasteiger partial charge in [0.25, 0.3) is 0 Å². The minimum Gasteiger partial charge on any atom is -0.460 e. The van der Waals surface area contributed by atoms with Crippen molar-refractivity contribution in [1.29, 1.82) is 0 Å². The molecule has 0 radical (unpaired) electrons. The molecule has 0 saturated heterocycles. The van der Waals surface area contributed by atoms with Gasteiger partial charge < -0.3 is 14.4 Å². The molecule has 1 atom stereocenters. The Morgan fingerprint density at radius 3 is 1.76 bits per heavy atom. The van der Waals surface area contributed by atoms with E-state index in [4.69, 9.17) is 9.47 Å². The zero-order valence-electron chi connectivity index (χ0n) is 14.8. The van der Waals surface area contributed by atoms with Crippen molar-refractivity contribution < 1.29 is 19.1 Å². The molecule has 0 aliphatic heterocycles. The van der Waals surface area contributed by atoms with Gasteiger partial charge >= 0.3 is 12.1 Å². The molecule has 0 heterocycles. The van der Waals surface area contributed by atoms with Gasteiger partial charge in [0.2, 0.25) is 0 Å². The van der Waals surface area contributed by atoms with Crippen LogP contribution in [0.15, 0.2) is 0 Å². The first-order valence-corrected chi connectivity index (χ1v) is 7.60. The number of hydrogen-bond acceptors (Lipinski definition) is 4. The number of hydrogen-bond donors (Lipinski definition) is 0. The summed E-state index contributed by atoms with van der Waals surface area (Å²) in [5, 5.41) is 0. The van der Waals surface area contributed by atoms with Gasteiger partial charge in [-0.05, 0) is 54.9 Å². The number of esters is 1. The SMILES string of the molecule is CCC(CN(CC)C(=O)OC(C)(C)C)C(=O)OC(C)(C)C. The van der Waals surface area contributed by atoms with E-state index in [1.807, 2.05) is 55.4 Å². The van der Waals surface area contributed by atoms with Crippen molar-refractivity contribution in [3.05, 3.63) is 0 Å². The van der Waals surface area contributed by atoms with Crippen LogP contribution in [0.1, 0.15) is 61.8 Å². The van der Waals surface area contributed by atoms with Crippen molar-refractivity contribution in [2.24, 2.45) is 5.92 Å². The normalized spacial score (nSPS) is 13.5. The number of ether oxygens (including phenoxy) is 2. The fraction of sp³-hybridized carbons (Fsp3) is 0.875. The summed E-state index contributed by atoms with van der Waals surface area (Å²) in [4.78, 5) is 25.8. The van der Waals surface area contributed by atoms with Gasteiger partial charge in [0.1, 0.15) is 11.2 Å². The maximum atomic E-state index is 12.1. The van der Waals surface area contributed by atoms with E-state index < -0.39 is 17.3 Å². The summed E-state index contributed by atoms with van der Waals surface area (Å²) < 4.78 is 10.8. The van der Waals surface area contributed by atoms with Crippen LogP contribution in [0.3, 0.4) is 0 Å². The molecule has 5 nitrogen and oxygen atoms in total. The third kappa shape index (κ3) is 8.58. The lowest BCUT2D eigenvalue weighted by Crippen LogP contribution is -2.42. The van der Waals surface area contributed by atoms with Gasteiger partial charge in [0.15, 0.2) is 0 Å². The summed E-state index contributed by atoms with van der Waals surface area (Å²) in [6, 6.07) is 0. The largest absolute Gasteiger partial charge is 0.460 e. The van der Waals surface area contributed by atoms with E-state index in [2.05, 4.69) is 0 Å². The predicted molar refractivity (Wildman–Crippen MR) is 83.1 cm³/mol. The van der Waals surface area contributed by atoms with Gasteiger partial charge in [-0.25, -0.2) is 4.79 Å². The van der Waals surface area contributed by atoms with Crippen LogP contribution >= 0.6 is 0 Å². The minimum atomic E-state index is -0.544. The number of carbonyl (C=O) groups is 2. The summed E-state index contributed by atoms with van der Waals surface area (Å²) in [6.07, 6.45) is 0.223. The van der Waals surface area contributed by atoms with Crippen LogP contribution < -0.4 is 0 Å². The zero-order chi connectivity index (χ0) is 16.8. The van der Waals surface area contributed by atoms with Gasteiger partial charge in [-0.1, -0.05) is 6.92 Å². The average Bonchev–Trinajstić information content (AvgIpc) is 2.25. The number of nitrogens with zero attached hydrogens (tertiary/aromatic N) is 1.